The Kier molecular flexibility index (Phi) is 2.67. The summed E-state index contributed by atoms with van der Waals surface area (Å²) in [5, 5.41) is 11.8. The van der Waals surface area contributed by atoms with Crippen LogP contribution in [0, 0.1) is 5.92 Å². The molecule has 21 heavy (non-hydrogen) atoms. The van der Waals surface area contributed by atoms with Crippen LogP contribution in [-0.4, -0.2) is 41.5 Å². The second kappa shape index (κ2) is 4.25. The standard InChI is InChI=1S/C15H16N2O3S/c18-15(12-4-5-12)9-17(10-15)21(19,20)14-3-1-2-11-8-16-7-6-13(11)14/h1-3,6-8,12,18H,4-5,9-10H2. The van der Waals surface area contributed by atoms with E-state index in [2.05, 4.69) is 4.98 Å². The average Bonchev–Trinajstić information content (AvgIpc) is 3.28. The molecule has 110 valence electrons. The summed E-state index contributed by atoms with van der Waals surface area (Å²) in [6, 6.07) is 6.91. The highest BCUT2D eigenvalue weighted by molar-refractivity contribution is 7.89. The molecule has 2 fully saturated rings. The molecule has 2 heterocycles. The summed E-state index contributed by atoms with van der Waals surface area (Å²) in [4.78, 5) is 4.31. The molecular formula is C15H16N2O3S. The minimum Gasteiger partial charge on any atom is -0.387 e. The highest BCUT2D eigenvalue weighted by Gasteiger charge is 2.55. The van der Waals surface area contributed by atoms with E-state index in [4.69, 9.17) is 0 Å². The van der Waals surface area contributed by atoms with Crippen LogP contribution in [0.1, 0.15) is 12.8 Å². The number of hydrogen-bond donors (Lipinski definition) is 1. The molecular weight excluding hydrogens is 288 g/mol. The molecule has 6 heteroatoms. The van der Waals surface area contributed by atoms with Crippen LogP contribution in [0.15, 0.2) is 41.6 Å². The Hall–Kier alpha value is -1.50. The Morgan fingerprint density at radius 2 is 2.00 bits per heavy atom. The Labute approximate surface area is 123 Å². The van der Waals surface area contributed by atoms with E-state index in [0.717, 1.165) is 18.2 Å². The van der Waals surface area contributed by atoms with E-state index < -0.39 is 15.6 Å². The number of benzene rings is 1. The first kappa shape index (κ1) is 13.2. The number of pyridine rings is 1. The van der Waals surface area contributed by atoms with Crippen molar-refractivity contribution in [3.8, 4) is 0 Å². The van der Waals surface area contributed by atoms with Gasteiger partial charge in [0.15, 0.2) is 0 Å². The van der Waals surface area contributed by atoms with E-state index in [9.17, 15) is 13.5 Å². The summed E-state index contributed by atoms with van der Waals surface area (Å²) in [6.07, 6.45) is 5.26. The Bertz CT molecular complexity index is 803. The molecule has 0 radical (unpaired) electrons. The quantitative estimate of drug-likeness (QED) is 0.930. The highest BCUT2D eigenvalue weighted by Crippen LogP contribution is 2.46. The van der Waals surface area contributed by atoms with E-state index in [1.54, 1.807) is 30.6 Å². The zero-order valence-corrected chi connectivity index (χ0v) is 12.3. The lowest BCUT2D eigenvalue weighted by molar-refractivity contribution is -0.0764. The fourth-order valence-electron chi connectivity index (χ4n) is 3.07. The summed E-state index contributed by atoms with van der Waals surface area (Å²) >= 11 is 0. The molecule has 1 N–H and O–H groups in total. The number of aliphatic hydroxyl groups is 1. The zero-order chi connectivity index (χ0) is 14.7. The summed E-state index contributed by atoms with van der Waals surface area (Å²) in [5.41, 5.74) is -0.806. The molecule has 1 aliphatic heterocycles. The van der Waals surface area contributed by atoms with Crippen molar-refractivity contribution in [1.82, 2.24) is 9.29 Å². The maximum atomic E-state index is 12.8. The monoisotopic (exact) mass is 304 g/mol. The third-order valence-electron chi connectivity index (χ3n) is 4.50. The normalized spacial score (nSPS) is 22.1. The topological polar surface area (TPSA) is 70.5 Å². The van der Waals surface area contributed by atoms with Crippen molar-refractivity contribution in [1.29, 1.82) is 0 Å². The molecule has 4 rings (SSSR count). The number of fused-ring (bicyclic) bond motifs is 1. The van der Waals surface area contributed by atoms with Gasteiger partial charge in [0.25, 0.3) is 0 Å². The number of nitrogens with zero attached hydrogens (tertiary/aromatic N) is 2. The predicted octanol–water partition coefficient (Wildman–Crippen LogP) is 1.38. The van der Waals surface area contributed by atoms with E-state index in [1.807, 2.05) is 6.07 Å². The molecule has 0 amide bonds. The van der Waals surface area contributed by atoms with Gasteiger partial charge in [0.2, 0.25) is 10.0 Å². The maximum absolute atomic E-state index is 12.8. The van der Waals surface area contributed by atoms with Crippen molar-refractivity contribution in [3.05, 3.63) is 36.7 Å². The molecule has 2 aromatic rings. The first-order valence-electron chi connectivity index (χ1n) is 7.06. The third-order valence-corrected chi connectivity index (χ3v) is 6.35. The highest BCUT2D eigenvalue weighted by atomic mass is 32.2. The Morgan fingerprint density at radius 3 is 2.71 bits per heavy atom. The van der Waals surface area contributed by atoms with Crippen LogP contribution >= 0.6 is 0 Å². The van der Waals surface area contributed by atoms with Crippen molar-refractivity contribution in [3.63, 3.8) is 0 Å². The molecule has 0 atom stereocenters. The number of β-amino-alcohol motifs (C(OH)–C–C–N with tert-alkyl or cyclic N) is 1. The van der Waals surface area contributed by atoms with Crippen molar-refractivity contribution in [2.45, 2.75) is 23.3 Å². The van der Waals surface area contributed by atoms with Gasteiger partial charge in [0, 0.05) is 36.3 Å². The minimum atomic E-state index is -3.56. The van der Waals surface area contributed by atoms with Gasteiger partial charge in [-0.3, -0.25) is 4.98 Å². The summed E-state index contributed by atoms with van der Waals surface area (Å²) in [7, 11) is -3.56. The summed E-state index contributed by atoms with van der Waals surface area (Å²) in [6.45, 7) is 0.420. The SMILES string of the molecule is O=S(=O)(c1cccc2cnccc12)N1CC(O)(C2CC2)C1. The van der Waals surface area contributed by atoms with Gasteiger partial charge in [-0.1, -0.05) is 12.1 Å². The summed E-state index contributed by atoms with van der Waals surface area (Å²) < 4.78 is 26.9. The van der Waals surface area contributed by atoms with Gasteiger partial charge in [0.1, 0.15) is 0 Å². The molecule has 1 aliphatic carbocycles. The number of sulfonamides is 1. The smallest absolute Gasteiger partial charge is 0.243 e. The van der Waals surface area contributed by atoms with Crippen LogP contribution in [0.4, 0.5) is 0 Å². The third kappa shape index (κ3) is 1.97. The first-order chi connectivity index (χ1) is 10.0. The molecule has 2 aliphatic rings. The lowest BCUT2D eigenvalue weighted by Crippen LogP contribution is -2.64. The lowest BCUT2D eigenvalue weighted by atomic mass is 9.91. The Balaban J connectivity index is 1.71. The van der Waals surface area contributed by atoms with Crippen molar-refractivity contribution >= 4 is 20.8 Å². The molecule has 0 bridgehead atoms. The van der Waals surface area contributed by atoms with E-state index >= 15 is 0 Å². The largest absolute Gasteiger partial charge is 0.387 e. The predicted molar refractivity (Wildman–Crippen MR) is 78.2 cm³/mol. The van der Waals surface area contributed by atoms with Gasteiger partial charge in [-0.25, -0.2) is 8.42 Å². The molecule has 5 nitrogen and oxygen atoms in total. The van der Waals surface area contributed by atoms with Gasteiger partial charge in [-0.15, -0.1) is 0 Å². The minimum absolute atomic E-state index is 0.210. The molecule has 1 aromatic carbocycles. The van der Waals surface area contributed by atoms with E-state index in [0.29, 0.717) is 10.3 Å². The van der Waals surface area contributed by atoms with Crippen LogP contribution in [0.25, 0.3) is 10.8 Å². The van der Waals surface area contributed by atoms with Gasteiger partial charge in [0.05, 0.1) is 10.5 Å². The molecule has 1 aromatic heterocycles. The molecule has 0 spiro atoms. The maximum Gasteiger partial charge on any atom is 0.243 e. The number of rotatable bonds is 3. The zero-order valence-electron chi connectivity index (χ0n) is 11.4. The van der Waals surface area contributed by atoms with Crippen LogP contribution in [-0.2, 0) is 10.0 Å². The first-order valence-corrected chi connectivity index (χ1v) is 8.50. The number of aromatic nitrogens is 1. The van der Waals surface area contributed by atoms with Crippen molar-refractivity contribution in [2.75, 3.05) is 13.1 Å². The molecule has 0 unspecified atom stereocenters. The van der Waals surface area contributed by atoms with Crippen molar-refractivity contribution in [2.24, 2.45) is 5.92 Å². The lowest BCUT2D eigenvalue weighted by Gasteiger charge is -2.45. The molecule has 1 saturated carbocycles. The van der Waals surface area contributed by atoms with Crippen molar-refractivity contribution < 1.29 is 13.5 Å². The fourth-order valence-corrected chi connectivity index (χ4v) is 4.85. The van der Waals surface area contributed by atoms with Crippen LogP contribution in [0.5, 0.6) is 0 Å². The second-order valence-electron chi connectivity index (χ2n) is 6.00. The van der Waals surface area contributed by atoms with Crippen LogP contribution in [0.3, 0.4) is 0 Å². The van der Waals surface area contributed by atoms with Crippen LogP contribution in [0.2, 0.25) is 0 Å². The fraction of sp³-hybridized carbons (Fsp3) is 0.400. The molecule has 1 saturated heterocycles. The summed E-state index contributed by atoms with van der Waals surface area (Å²) in [5.74, 6) is 0.278. The van der Waals surface area contributed by atoms with Gasteiger partial charge < -0.3 is 5.11 Å². The van der Waals surface area contributed by atoms with E-state index in [1.165, 1.54) is 4.31 Å². The Morgan fingerprint density at radius 1 is 1.24 bits per heavy atom. The van der Waals surface area contributed by atoms with Gasteiger partial charge >= 0.3 is 0 Å². The van der Waals surface area contributed by atoms with Gasteiger partial charge in [-0.2, -0.15) is 4.31 Å². The number of hydrogen-bond acceptors (Lipinski definition) is 4. The van der Waals surface area contributed by atoms with E-state index in [-0.39, 0.29) is 19.0 Å². The van der Waals surface area contributed by atoms with Crippen LogP contribution < -0.4 is 0 Å². The van der Waals surface area contributed by atoms with Gasteiger partial charge in [-0.05, 0) is 30.9 Å². The average molecular weight is 304 g/mol. The second-order valence-corrected chi connectivity index (χ2v) is 7.91.